The SMILES string of the molecule is CC(C)C(=O)CCC(F)COCCOCCOCCOCCOCCOCC(=O)C(C)C. The van der Waals surface area contributed by atoms with Crippen LogP contribution < -0.4 is 0 Å². The molecule has 0 aromatic rings. The quantitative estimate of drug-likeness (QED) is 0.201. The van der Waals surface area contributed by atoms with Gasteiger partial charge in [-0.15, -0.1) is 0 Å². The van der Waals surface area contributed by atoms with Gasteiger partial charge in [0.25, 0.3) is 0 Å². The summed E-state index contributed by atoms with van der Waals surface area (Å²) in [6, 6.07) is 0. The first-order valence-corrected chi connectivity index (χ1v) is 11.5. The summed E-state index contributed by atoms with van der Waals surface area (Å²) < 4.78 is 45.5. The first-order valence-electron chi connectivity index (χ1n) is 11.5. The average molecular weight is 467 g/mol. The van der Waals surface area contributed by atoms with Crippen molar-refractivity contribution in [3.8, 4) is 0 Å². The number of ether oxygens (including phenoxy) is 6. The van der Waals surface area contributed by atoms with E-state index in [1.807, 2.05) is 27.7 Å². The Hall–Kier alpha value is -0.970. The monoisotopic (exact) mass is 466 g/mol. The molecule has 0 bridgehead atoms. The van der Waals surface area contributed by atoms with Crippen molar-refractivity contribution in [3.63, 3.8) is 0 Å². The van der Waals surface area contributed by atoms with Crippen LogP contribution in [0.2, 0.25) is 0 Å². The maximum Gasteiger partial charge on any atom is 0.160 e. The summed E-state index contributed by atoms with van der Waals surface area (Å²) in [5.41, 5.74) is 0. The van der Waals surface area contributed by atoms with E-state index >= 15 is 0 Å². The van der Waals surface area contributed by atoms with Crippen LogP contribution in [-0.2, 0) is 38.0 Å². The summed E-state index contributed by atoms with van der Waals surface area (Å²) in [6.07, 6.45) is -0.668. The Kier molecular flexibility index (Phi) is 21.2. The summed E-state index contributed by atoms with van der Waals surface area (Å²) in [5.74, 6) is 0.104. The van der Waals surface area contributed by atoms with E-state index in [0.29, 0.717) is 66.1 Å². The van der Waals surface area contributed by atoms with Crippen molar-refractivity contribution < 1.29 is 42.4 Å². The molecule has 0 heterocycles. The Morgan fingerprint density at radius 2 is 0.969 bits per heavy atom. The smallest absolute Gasteiger partial charge is 0.160 e. The van der Waals surface area contributed by atoms with Crippen LogP contribution in [0.25, 0.3) is 0 Å². The summed E-state index contributed by atoms with van der Waals surface area (Å²) in [7, 11) is 0. The Bertz CT molecular complexity index is 459. The molecule has 0 saturated carbocycles. The molecule has 1 atom stereocenters. The second-order valence-electron chi connectivity index (χ2n) is 7.95. The first kappa shape index (κ1) is 31.0. The zero-order valence-electron chi connectivity index (χ0n) is 20.3. The number of ketones is 2. The topological polar surface area (TPSA) is 89.5 Å². The summed E-state index contributed by atoms with van der Waals surface area (Å²) in [5, 5.41) is 0. The van der Waals surface area contributed by atoms with Gasteiger partial charge in [0.15, 0.2) is 5.78 Å². The van der Waals surface area contributed by atoms with Crippen LogP contribution in [0.15, 0.2) is 0 Å². The Labute approximate surface area is 192 Å². The predicted molar refractivity (Wildman–Crippen MR) is 119 cm³/mol. The van der Waals surface area contributed by atoms with Gasteiger partial charge in [-0.25, -0.2) is 4.39 Å². The zero-order valence-corrected chi connectivity index (χ0v) is 20.3. The largest absolute Gasteiger partial charge is 0.377 e. The number of carbonyl (C=O) groups excluding carboxylic acids is 2. The van der Waals surface area contributed by atoms with E-state index in [-0.39, 0.29) is 49.5 Å². The molecule has 0 rings (SSSR count). The Balaban J connectivity index is 3.21. The van der Waals surface area contributed by atoms with Crippen LogP contribution in [-0.4, -0.2) is 97.0 Å². The molecule has 0 saturated heterocycles. The van der Waals surface area contributed by atoms with Gasteiger partial charge in [0.05, 0.1) is 72.7 Å². The van der Waals surface area contributed by atoms with E-state index < -0.39 is 6.17 Å². The summed E-state index contributed by atoms with van der Waals surface area (Å²) in [6.45, 7) is 11.6. The zero-order chi connectivity index (χ0) is 24.0. The molecular formula is C23H43FO8. The van der Waals surface area contributed by atoms with Gasteiger partial charge in [-0.05, 0) is 6.42 Å². The molecule has 9 heteroatoms. The lowest BCUT2D eigenvalue weighted by atomic mass is 10.0. The number of carbonyl (C=O) groups is 2. The summed E-state index contributed by atoms with van der Waals surface area (Å²) in [4.78, 5) is 22.8. The van der Waals surface area contributed by atoms with Crippen molar-refractivity contribution in [1.29, 1.82) is 0 Å². The molecule has 0 aliphatic heterocycles. The molecule has 0 amide bonds. The molecule has 0 aromatic carbocycles. The van der Waals surface area contributed by atoms with Crippen LogP contribution in [0.5, 0.6) is 0 Å². The number of hydrogen-bond donors (Lipinski definition) is 0. The van der Waals surface area contributed by atoms with Crippen molar-refractivity contribution in [2.45, 2.75) is 46.7 Å². The lowest BCUT2D eigenvalue weighted by Gasteiger charge is -2.10. The van der Waals surface area contributed by atoms with Crippen molar-refractivity contribution >= 4 is 11.6 Å². The average Bonchev–Trinajstić information content (AvgIpc) is 2.76. The maximum absolute atomic E-state index is 13.6. The van der Waals surface area contributed by atoms with Gasteiger partial charge < -0.3 is 28.4 Å². The fourth-order valence-corrected chi connectivity index (χ4v) is 2.22. The molecule has 0 fully saturated rings. The lowest BCUT2D eigenvalue weighted by molar-refractivity contribution is -0.127. The lowest BCUT2D eigenvalue weighted by Crippen LogP contribution is -2.18. The van der Waals surface area contributed by atoms with Crippen molar-refractivity contribution in [1.82, 2.24) is 0 Å². The molecule has 0 aliphatic carbocycles. The molecule has 0 N–H and O–H groups in total. The molecule has 0 aliphatic rings. The minimum atomic E-state index is -1.12. The molecule has 190 valence electrons. The Morgan fingerprint density at radius 3 is 1.38 bits per heavy atom. The first-order chi connectivity index (χ1) is 15.3. The minimum absolute atomic E-state index is 0.00771. The van der Waals surface area contributed by atoms with Crippen LogP contribution in [0, 0.1) is 11.8 Å². The highest BCUT2D eigenvalue weighted by Gasteiger charge is 2.12. The molecule has 8 nitrogen and oxygen atoms in total. The molecular weight excluding hydrogens is 423 g/mol. The number of Topliss-reactive ketones (excluding diaryl/α,β-unsaturated/α-hetero) is 2. The van der Waals surface area contributed by atoms with Crippen molar-refractivity contribution in [3.05, 3.63) is 0 Å². The van der Waals surface area contributed by atoms with Crippen LogP contribution >= 0.6 is 0 Å². The standard InChI is InChI=1S/C23H43FO8/c1-19(2)22(25)6-5-21(24)17-31-15-13-29-11-9-27-7-8-28-10-12-30-14-16-32-18-23(26)20(3)4/h19-21H,5-18H2,1-4H3. The fourth-order valence-electron chi connectivity index (χ4n) is 2.22. The minimum Gasteiger partial charge on any atom is -0.377 e. The predicted octanol–water partition coefficient (Wildman–Crippen LogP) is 2.65. The highest BCUT2D eigenvalue weighted by molar-refractivity contribution is 5.81. The third kappa shape index (κ3) is 20.9. The van der Waals surface area contributed by atoms with Gasteiger partial charge in [0.1, 0.15) is 18.6 Å². The van der Waals surface area contributed by atoms with Gasteiger partial charge >= 0.3 is 0 Å². The Morgan fingerprint density at radius 1 is 0.594 bits per heavy atom. The highest BCUT2D eigenvalue weighted by Crippen LogP contribution is 2.07. The second kappa shape index (κ2) is 21.9. The highest BCUT2D eigenvalue weighted by atomic mass is 19.1. The van der Waals surface area contributed by atoms with E-state index in [0.717, 1.165) is 0 Å². The number of rotatable bonds is 24. The third-order valence-electron chi connectivity index (χ3n) is 4.39. The normalized spacial score (nSPS) is 12.6. The van der Waals surface area contributed by atoms with E-state index in [9.17, 15) is 14.0 Å². The van der Waals surface area contributed by atoms with Crippen LogP contribution in [0.4, 0.5) is 4.39 Å². The molecule has 0 radical (unpaired) electrons. The number of hydrogen-bond acceptors (Lipinski definition) is 8. The second-order valence-corrected chi connectivity index (χ2v) is 7.95. The van der Waals surface area contributed by atoms with Gasteiger partial charge in [0.2, 0.25) is 0 Å². The maximum atomic E-state index is 13.6. The molecule has 1 unspecified atom stereocenters. The number of alkyl halides is 1. The molecule has 32 heavy (non-hydrogen) atoms. The van der Waals surface area contributed by atoms with Gasteiger partial charge in [-0.1, -0.05) is 27.7 Å². The van der Waals surface area contributed by atoms with E-state index in [2.05, 4.69) is 0 Å². The molecule has 0 spiro atoms. The number of halogens is 1. The summed E-state index contributed by atoms with van der Waals surface area (Å²) >= 11 is 0. The molecule has 0 aromatic heterocycles. The van der Waals surface area contributed by atoms with Gasteiger partial charge in [-0.3, -0.25) is 9.59 Å². The van der Waals surface area contributed by atoms with Gasteiger partial charge in [-0.2, -0.15) is 0 Å². The fraction of sp³-hybridized carbons (Fsp3) is 0.913. The van der Waals surface area contributed by atoms with Crippen molar-refractivity contribution in [2.24, 2.45) is 11.8 Å². The third-order valence-corrected chi connectivity index (χ3v) is 4.39. The van der Waals surface area contributed by atoms with E-state index in [1.54, 1.807) is 0 Å². The van der Waals surface area contributed by atoms with Crippen molar-refractivity contribution in [2.75, 3.05) is 79.3 Å². The van der Waals surface area contributed by atoms with Gasteiger partial charge in [0, 0.05) is 18.3 Å². The van der Waals surface area contributed by atoms with E-state index in [4.69, 9.17) is 28.4 Å². The van der Waals surface area contributed by atoms with Crippen LogP contribution in [0.3, 0.4) is 0 Å². The van der Waals surface area contributed by atoms with E-state index in [1.165, 1.54) is 0 Å². The van der Waals surface area contributed by atoms with Crippen LogP contribution in [0.1, 0.15) is 40.5 Å².